The van der Waals surface area contributed by atoms with E-state index in [1.165, 1.54) is 17.5 Å². The first-order chi connectivity index (χ1) is 19.6. The zero-order chi connectivity index (χ0) is 27.4. The lowest BCUT2D eigenvalue weighted by atomic mass is 9.94. The number of hydrogen-bond donors (Lipinski definition) is 0. The molecule has 4 aromatic rings. The second-order valence-electron chi connectivity index (χ2n) is 10.2. The van der Waals surface area contributed by atoms with Crippen LogP contribution in [0.4, 0.5) is 0 Å². The minimum Gasteiger partial charge on any atom is -0.301 e. The molecule has 0 spiro atoms. The molecule has 8 heteroatoms. The molecule has 2 aliphatic heterocycles. The van der Waals surface area contributed by atoms with E-state index in [2.05, 4.69) is 86.5 Å². The summed E-state index contributed by atoms with van der Waals surface area (Å²) >= 11 is 12.7. The lowest BCUT2D eigenvalue weighted by molar-refractivity contribution is 0.105. The molecule has 40 heavy (non-hydrogen) atoms. The summed E-state index contributed by atoms with van der Waals surface area (Å²) in [6.07, 6.45) is 8.19. The summed E-state index contributed by atoms with van der Waals surface area (Å²) in [7, 11) is 0. The molecular formula is C32H30Cl2N6. The van der Waals surface area contributed by atoms with Gasteiger partial charge in [-0.25, -0.2) is 15.0 Å². The highest BCUT2D eigenvalue weighted by molar-refractivity contribution is 6.35. The van der Waals surface area contributed by atoms with Gasteiger partial charge < -0.3 is 4.90 Å². The minimum absolute atomic E-state index is 0.250. The predicted octanol–water partition coefficient (Wildman–Crippen LogP) is 6.48. The van der Waals surface area contributed by atoms with E-state index in [0.717, 1.165) is 39.1 Å². The highest BCUT2D eigenvalue weighted by Gasteiger charge is 2.35. The van der Waals surface area contributed by atoms with Gasteiger partial charge in [0.05, 0.1) is 11.1 Å². The van der Waals surface area contributed by atoms with Gasteiger partial charge in [0.25, 0.3) is 0 Å². The van der Waals surface area contributed by atoms with Crippen LogP contribution in [0.25, 0.3) is 11.4 Å². The first kappa shape index (κ1) is 26.8. The van der Waals surface area contributed by atoms with E-state index in [9.17, 15) is 0 Å². The lowest BCUT2D eigenvalue weighted by Gasteiger charge is -2.40. The van der Waals surface area contributed by atoms with Crippen molar-refractivity contribution in [2.24, 2.45) is 4.99 Å². The first-order valence-corrected chi connectivity index (χ1v) is 14.3. The normalized spacial score (nSPS) is 19.5. The van der Waals surface area contributed by atoms with Crippen LogP contribution in [0.3, 0.4) is 0 Å². The van der Waals surface area contributed by atoms with Gasteiger partial charge in [0.1, 0.15) is 11.9 Å². The summed E-state index contributed by atoms with van der Waals surface area (Å²) in [6, 6.07) is 27.2. The molecule has 0 aliphatic carbocycles. The van der Waals surface area contributed by atoms with Crippen molar-refractivity contribution in [1.82, 2.24) is 24.8 Å². The second-order valence-corrected chi connectivity index (χ2v) is 11.0. The van der Waals surface area contributed by atoms with Crippen LogP contribution in [-0.2, 0) is 5.54 Å². The van der Waals surface area contributed by atoms with Gasteiger partial charge in [-0.15, -0.1) is 0 Å². The molecule has 1 atom stereocenters. The third-order valence-electron chi connectivity index (χ3n) is 7.70. The van der Waals surface area contributed by atoms with E-state index in [0.29, 0.717) is 27.3 Å². The fraction of sp³-hybridized carbons (Fsp3) is 0.250. The summed E-state index contributed by atoms with van der Waals surface area (Å²) in [5, 5.41) is 1.12. The summed E-state index contributed by atoms with van der Waals surface area (Å²) in [6.45, 7) is 4.84. The van der Waals surface area contributed by atoms with E-state index in [-0.39, 0.29) is 6.04 Å². The Labute approximate surface area is 245 Å². The Bertz CT molecular complexity index is 1450. The number of piperazine rings is 1. The van der Waals surface area contributed by atoms with E-state index in [1.807, 2.05) is 12.3 Å². The fourth-order valence-electron chi connectivity index (χ4n) is 5.58. The maximum Gasteiger partial charge on any atom is 0.164 e. The van der Waals surface area contributed by atoms with E-state index in [1.54, 1.807) is 18.2 Å². The SMILES string of the molecule is Clc1ccc(Cl)c(-c2ncnc(C3(CCN4CCN(C(c5ccccc5)c5ccccc5)CC4)C=CC=N3)n2)c1. The Hall–Kier alpha value is -3.42. The van der Waals surface area contributed by atoms with Crippen molar-refractivity contribution in [2.75, 3.05) is 32.7 Å². The highest BCUT2D eigenvalue weighted by Crippen LogP contribution is 2.35. The number of allylic oxidation sites excluding steroid dienone is 1. The summed E-state index contributed by atoms with van der Waals surface area (Å²) in [5.41, 5.74) is 2.71. The molecule has 1 fully saturated rings. The Kier molecular flexibility index (Phi) is 8.03. The number of aromatic nitrogens is 3. The average molecular weight is 570 g/mol. The summed E-state index contributed by atoms with van der Waals surface area (Å²) < 4.78 is 0. The van der Waals surface area contributed by atoms with Crippen LogP contribution in [0, 0.1) is 0 Å². The third-order valence-corrected chi connectivity index (χ3v) is 8.27. The monoisotopic (exact) mass is 568 g/mol. The van der Waals surface area contributed by atoms with Gasteiger partial charge in [-0.2, -0.15) is 0 Å². The fourth-order valence-corrected chi connectivity index (χ4v) is 5.95. The molecule has 2 aliphatic rings. The van der Waals surface area contributed by atoms with Crippen molar-refractivity contribution in [3.8, 4) is 11.4 Å². The summed E-state index contributed by atoms with van der Waals surface area (Å²) in [4.78, 5) is 23.7. The van der Waals surface area contributed by atoms with Crippen molar-refractivity contribution >= 4 is 29.4 Å². The van der Waals surface area contributed by atoms with Crippen LogP contribution in [0.5, 0.6) is 0 Å². The maximum atomic E-state index is 6.44. The minimum atomic E-state index is -0.628. The smallest absolute Gasteiger partial charge is 0.164 e. The first-order valence-electron chi connectivity index (χ1n) is 13.6. The topological polar surface area (TPSA) is 57.5 Å². The number of halogens is 2. The van der Waals surface area contributed by atoms with Gasteiger partial charge >= 0.3 is 0 Å². The van der Waals surface area contributed by atoms with Gasteiger partial charge in [0.2, 0.25) is 0 Å². The van der Waals surface area contributed by atoms with Crippen molar-refractivity contribution in [2.45, 2.75) is 18.0 Å². The largest absolute Gasteiger partial charge is 0.301 e. The Morgan fingerprint density at radius 2 is 1.52 bits per heavy atom. The molecule has 6 rings (SSSR count). The number of hydrogen-bond acceptors (Lipinski definition) is 6. The molecule has 1 saturated heterocycles. The van der Waals surface area contributed by atoms with Crippen LogP contribution in [0.2, 0.25) is 10.0 Å². The molecule has 3 aromatic carbocycles. The van der Waals surface area contributed by atoms with Crippen LogP contribution in [0.1, 0.15) is 29.4 Å². The van der Waals surface area contributed by atoms with E-state index >= 15 is 0 Å². The van der Waals surface area contributed by atoms with Crippen molar-refractivity contribution in [3.63, 3.8) is 0 Å². The molecule has 3 heterocycles. The van der Waals surface area contributed by atoms with E-state index < -0.39 is 5.54 Å². The standard InChI is InChI=1S/C32H30Cl2N6/c33-26-12-13-28(34)27(22-26)30-35-23-36-31(38-30)32(14-7-16-37-32)15-17-39-18-20-40(21-19-39)29(24-8-3-1-4-9-24)25-10-5-2-6-11-25/h1-14,16,22-23,29H,15,17-21H2. The Morgan fingerprint density at radius 1 is 0.825 bits per heavy atom. The van der Waals surface area contributed by atoms with Gasteiger partial charge in [-0.3, -0.25) is 9.89 Å². The van der Waals surface area contributed by atoms with Gasteiger partial charge in [-0.05, 0) is 47.9 Å². The molecule has 0 amide bonds. The number of aliphatic imine (C=N–C) groups is 1. The maximum absolute atomic E-state index is 6.44. The molecule has 1 aromatic heterocycles. The molecule has 1 unspecified atom stereocenters. The number of nitrogens with zero attached hydrogens (tertiary/aromatic N) is 6. The Morgan fingerprint density at radius 3 is 2.17 bits per heavy atom. The second kappa shape index (κ2) is 12.0. The van der Waals surface area contributed by atoms with Crippen molar-refractivity contribution in [1.29, 1.82) is 0 Å². The zero-order valence-corrected chi connectivity index (χ0v) is 23.6. The molecule has 0 bridgehead atoms. The van der Waals surface area contributed by atoms with E-state index in [4.69, 9.17) is 33.2 Å². The quantitative estimate of drug-likeness (QED) is 0.243. The zero-order valence-electron chi connectivity index (χ0n) is 22.1. The molecule has 0 radical (unpaired) electrons. The Balaban J connectivity index is 1.16. The molecular weight excluding hydrogens is 539 g/mol. The van der Waals surface area contributed by atoms with Crippen LogP contribution in [0.15, 0.2) is 102 Å². The van der Waals surface area contributed by atoms with Gasteiger partial charge in [0, 0.05) is 49.5 Å². The van der Waals surface area contributed by atoms with Crippen LogP contribution in [-0.4, -0.2) is 63.7 Å². The lowest BCUT2D eigenvalue weighted by Crippen LogP contribution is -2.48. The van der Waals surface area contributed by atoms with Crippen LogP contribution < -0.4 is 0 Å². The van der Waals surface area contributed by atoms with Crippen LogP contribution >= 0.6 is 23.2 Å². The molecule has 202 valence electrons. The molecule has 0 N–H and O–H groups in total. The predicted molar refractivity (Wildman–Crippen MR) is 162 cm³/mol. The van der Waals surface area contributed by atoms with Gasteiger partial charge in [0.15, 0.2) is 11.6 Å². The van der Waals surface area contributed by atoms with Crippen molar-refractivity contribution < 1.29 is 0 Å². The number of rotatable bonds is 8. The molecule has 0 saturated carbocycles. The molecule has 6 nitrogen and oxygen atoms in total. The number of benzene rings is 3. The van der Waals surface area contributed by atoms with Crippen molar-refractivity contribution in [3.05, 3.63) is 124 Å². The van der Waals surface area contributed by atoms with Gasteiger partial charge in [-0.1, -0.05) is 83.9 Å². The highest BCUT2D eigenvalue weighted by atomic mass is 35.5. The average Bonchev–Trinajstić information content (AvgIpc) is 3.50. The third kappa shape index (κ3) is 5.72. The summed E-state index contributed by atoms with van der Waals surface area (Å²) in [5.74, 6) is 1.11.